The van der Waals surface area contributed by atoms with E-state index in [0.717, 1.165) is 11.1 Å². The number of allylic oxidation sites excluding steroid dienone is 5. The van der Waals surface area contributed by atoms with Crippen LogP contribution < -0.4 is 0 Å². The minimum Gasteiger partial charge on any atom is -0.296 e. The summed E-state index contributed by atoms with van der Waals surface area (Å²) >= 11 is 0. The molecule has 0 fully saturated rings. The molecule has 0 aromatic rings. The molecule has 0 aromatic heterocycles. The highest BCUT2D eigenvalue weighted by atomic mass is 16.1. The summed E-state index contributed by atoms with van der Waals surface area (Å²) in [6, 6.07) is 0. The fourth-order valence-electron chi connectivity index (χ4n) is 0.780. The standard InChI is InChI=1S/C13H17NO/c1-6-12(9-15)14-13(11(4)5)8-7-10(2)3/h6-9H,1,4H2,2-3,5H3/b13-8+,14-12+. The molecule has 0 atom stereocenters. The van der Waals surface area contributed by atoms with Crippen LogP contribution in [0.4, 0.5) is 0 Å². The van der Waals surface area contributed by atoms with E-state index in [9.17, 15) is 4.79 Å². The molecule has 2 heteroatoms. The molecule has 0 heterocycles. The van der Waals surface area contributed by atoms with Gasteiger partial charge in [-0.2, -0.15) is 0 Å². The Hall–Kier alpha value is -1.70. The molecule has 0 aliphatic heterocycles. The fraction of sp³-hybridized carbons (Fsp3) is 0.231. The van der Waals surface area contributed by atoms with Gasteiger partial charge in [-0.15, -0.1) is 0 Å². The molecule has 0 unspecified atom stereocenters. The first-order valence-electron chi connectivity index (χ1n) is 4.68. The molecule has 0 spiro atoms. The van der Waals surface area contributed by atoms with Crippen molar-refractivity contribution in [3.05, 3.63) is 48.2 Å². The summed E-state index contributed by atoms with van der Waals surface area (Å²) in [6.45, 7) is 13.1. The van der Waals surface area contributed by atoms with Crippen LogP contribution in [0.1, 0.15) is 20.8 Å². The van der Waals surface area contributed by atoms with Crippen LogP contribution in [-0.2, 0) is 4.79 Å². The van der Waals surface area contributed by atoms with E-state index in [0.29, 0.717) is 17.7 Å². The van der Waals surface area contributed by atoms with Gasteiger partial charge >= 0.3 is 0 Å². The van der Waals surface area contributed by atoms with Gasteiger partial charge in [0.2, 0.25) is 0 Å². The van der Waals surface area contributed by atoms with Gasteiger partial charge in [0.25, 0.3) is 0 Å². The summed E-state index contributed by atoms with van der Waals surface area (Å²) < 4.78 is 0. The van der Waals surface area contributed by atoms with Crippen molar-refractivity contribution < 1.29 is 4.79 Å². The highest BCUT2D eigenvalue weighted by Gasteiger charge is 1.96. The Morgan fingerprint density at radius 2 is 1.80 bits per heavy atom. The number of nitrogens with zero attached hydrogens (tertiary/aromatic N) is 1. The summed E-state index contributed by atoms with van der Waals surface area (Å²) in [6.07, 6.45) is 5.86. The second-order valence-electron chi connectivity index (χ2n) is 3.43. The van der Waals surface area contributed by atoms with E-state index in [2.05, 4.69) is 18.2 Å². The first kappa shape index (κ1) is 13.3. The molecule has 0 aliphatic carbocycles. The van der Waals surface area contributed by atoms with E-state index in [1.807, 2.05) is 32.9 Å². The molecule has 0 saturated carbocycles. The normalized spacial score (nSPS) is 11.9. The van der Waals surface area contributed by atoms with Gasteiger partial charge in [-0.25, -0.2) is 4.99 Å². The fourth-order valence-corrected chi connectivity index (χ4v) is 0.780. The average Bonchev–Trinajstić information content (AvgIpc) is 2.17. The zero-order valence-electron chi connectivity index (χ0n) is 9.58. The Morgan fingerprint density at radius 3 is 2.13 bits per heavy atom. The van der Waals surface area contributed by atoms with Gasteiger partial charge in [-0.05, 0) is 38.5 Å². The maximum absolute atomic E-state index is 10.6. The van der Waals surface area contributed by atoms with Crippen LogP contribution >= 0.6 is 0 Å². The van der Waals surface area contributed by atoms with Gasteiger partial charge in [0.05, 0.1) is 5.70 Å². The van der Waals surface area contributed by atoms with Crippen LogP contribution in [0, 0.1) is 0 Å². The monoisotopic (exact) mass is 203 g/mol. The lowest BCUT2D eigenvalue weighted by Crippen LogP contribution is -1.95. The summed E-state index contributed by atoms with van der Waals surface area (Å²) in [5.41, 5.74) is 2.98. The van der Waals surface area contributed by atoms with E-state index < -0.39 is 0 Å². The van der Waals surface area contributed by atoms with Crippen LogP contribution in [0.25, 0.3) is 0 Å². The number of aldehydes is 1. The summed E-state index contributed by atoms with van der Waals surface area (Å²) in [4.78, 5) is 14.7. The number of rotatable bonds is 5. The Labute approximate surface area is 91.4 Å². The van der Waals surface area contributed by atoms with E-state index in [-0.39, 0.29) is 0 Å². The van der Waals surface area contributed by atoms with Gasteiger partial charge in [0.15, 0.2) is 6.29 Å². The molecule has 0 saturated heterocycles. The number of hydrogen-bond donors (Lipinski definition) is 0. The largest absolute Gasteiger partial charge is 0.296 e. The zero-order valence-corrected chi connectivity index (χ0v) is 9.58. The molecule has 80 valence electrons. The summed E-state index contributed by atoms with van der Waals surface area (Å²) in [5.74, 6) is 0. The quantitative estimate of drug-likeness (QED) is 0.383. The molecule has 0 aromatic carbocycles. The predicted molar refractivity (Wildman–Crippen MR) is 66.0 cm³/mol. The zero-order chi connectivity index (χ0) is 11.8. The minimum absolute atomic E-state index is 0.311. The highest BCUT2D eigenvalue weighted by molar-refractivity contribution is 6.33. The van der Waals surface area contributed by atoms with Crippen molar-refractivity contribution in [2.75, 3.05) is 0 Å². The summed E-state index contributed by atoms with van der Waals surface area (Å²) in [5, 5.41) is 0. The average molecular weight is 203 g/mol. The van der Waals surface area contributed by atoms with Gasteiger partial charge in [-0.1, -0.05) is 24.8 Å². The van der Waals surface area contributed by atoms with Gasteiger partial charge in [-0.3, -0.25) is 4.79 Å². The van der Waals surface area contributed by atoms with E-state index in [1.54, 1.807) is 0 Å². The van der Waals surface area contributed by atoms with Gasteiger partial charge in [0.1, 0.15) is 5.71 Å². The van der Waals surface area contributed by atoms with Crippen LogP contribution in [-0.4, -0.2) is 12.0 Å². The second kappa shape index (κ2) is 6.71. The van der Waals surface area contributed by atoms with Crippen molar-refractivity contribution in [1.29, 1.82) is 0 Å². The van der Waals surface area contributed by atoms with Crippen molar-refractivity contribution in [1.82, 2.24) is 0 Å². The van der Waals surface area contributed by atoms with Crippen molar-refractivity contribution in [3.8, 4) is 0 Å². The number of aliphatic imine (C=N–C) groups is 1. The van der Waals surface area contributed by atoms with Crippen molar-refractivity contribution in [3.63, 3.8) is 0 Å². The number of hydrogen-bond acceptors (Lipinski definition) is 2. The second-order valence-corrected chi connectivity index (χ2v) is 3.43. The maximum Gasteiger partial charge on any atom is 0.168 e. The highest BCUT2D eigenvalue weighted by Crippen LogP contribution is 2.10. The van der Waals surface area contributed by atoms with E-state index in [4.69, 9.17) is 0 Å². The van der Waals surface area contributed by atoms with Crippen molar-refractivity contribution in [2.45, 2.75) is 20.8 Å². The summed E-state index contributed by atoms with van der Waals surface area (Å²) in [7, 11) is 0. The molecular formula is C13H17NO. The van der Waals surface area contributed by atoms with Crippen LogP contribution in [0.15, 0.2) is 53.2 Å². The lowest BCUT2D eigenvalue weighted by molar-refractivity contribution is -0.102. The number of carbonyl (C=O) groups excluding carboxylic acids is 1. The van der Waals surface area contributed by atoms with Crippen molar-refractivity contribution >= 4 is 12.0 Å². The Morgan fingerprint density at radius 1 is 1.20 bits per heavy atom. The first-order chi connectivity index (χ1) is 7.01. The lowest BCUT2D eigenvalue weighted by atomic mass is 10.2. The van der Waals surface area contributed by atoms with Crippen LogP contribution in [0.3, 0.4) is 0 Å². The Balaban J connectivity index is 5.16. The Bertz CT molecular complexity index is 343. The maximum atomic E-state index is 10.6. The van der Waals surface area contributed by atoms with E-state index in [1.165, 1.54) is 6.08 Å². The molecule has 0 aliphatic rings. The third kappa shape index (κ3) is 5.57. The Kier molecular flexibility index (Phi) is 5.95. The first-order valence-corrected chi connectivity index (χ1v) is 4.68. The van der Waals surface area contributed by atoms with E-state index >= 15 is 0 Å². The molecule has 0 N–H and O–H groups in total. The molecule has 2 nitrogen and oxygen atoms in total. The molecule has 0 amide bonds. The molecule has 0 bridgehead atoms. The van der Waals surface area contributed by atoms with Crippen LogP contribution in [0.2, 0.25) is 0 Å². The minimum atomic E-state index is 0.311. The third-order valence-electron chi connectivity index (χ3n) is 1.59. The molecule has 0 rings (SSSR count). The van der Waals surface area contributed by atoms with Gasteiger partial charge in [0, 0.05) is 0 Å². The topological polar surface area (TPSA) is 29.4 Å². The molecular weight excluding hydrogens is 186 g/mol. The molecule has 0 radical (unpaired) electrons. The third-order valence-corrected chi connectivity index (χ3v) is 1.59. The predicted octanol–water partition coefficient (Wildman–Crippen LogP) is 3.24. The lowest BCUT2D eigenvalue weighted by Gasteiger charge is -1.99. The molecule has 15 heavy (non-hydrogen) atoms. The smallest absolute Gasteiger partial charge is 0.168 e. The SMILES string of the molecule is C=C/C(C=O)=N\C(=C\C=C(C)C)C(=C)C. The van der Waals surface area contributed by atoms with Crippen LogP contribution in [0.5, 0.6) is 0 Å². The van der Waals surface area contributed by atoms with Gasteiger partial charge < -0.3 is 0 Å². The van der Waals surface area contributed by atoms with Crippen molar-refractivity contribution in [2.24, 2.45) is 4.99 Å². The number of carbonyl (C=O) groups is 1.